The van der Waals surface area contributed by atoms with Crippen molar-refractivity contribution in [3.63, 3.8) is 0 Å². The fraction of sp³-hybridized carbons (Fsp3) is 0.200. The molecule has 0 saturated heterocycles. The summed E-state index contributed by atoms with van der Waals surface area (Å²) in [7, 11) is 1.49. The Morgan fingerprint density at radius 1 is 1.50 bits per heavy atom. The Bertz CT molecular complexity index is 434. The summed E-state index contributed by atoms with van der Waals surface area (Å²) < 4.78 is 13.5. The number of rotatable bonds is 4. The van der Waals surface area contributed by atoms with Crippen molar-refractivity contribution in [2.75, 3.05) is 18.5 Å². The second-order valence-electron chi connectivity index (χ2n) is 3.29. The minimum Gasteiger partial charge on any atom is -0.478 e. The van der Waals surface area contributed by atoms with Gasteiger partial charge in [-0.15, -0.1) is 0 Å². The van der Waals surface area contributed by atoms with E-state index in [4.69, 9.17) is 10.8 Å². The van der Waals surface area contributed by atoms with Crippen LogP contribution < -0.4 is 10.6 Å². The van der Waals surface area contributed by atoms with Crippen LogP contribution in [0.2, 0.25) is 0 Å². The number of carboxylic acids is 1. The summed E-state index contributed by atoms with van der Waals surface area (Å²) in [6.07, 6.45) is 0. The Labute approximate surface area is 91.3 Å². The van der Waals surface area contributed by atoms with Gasteiger partial charge in [0.25, 0.3) is 0 Å². The van der Waals surface area contributed by atoms with Gasteiger partial charge in [-0.2, -0.15) is 0 Å². The normalized spacial score (nSPS) is 9.88. The molecular formula is C10H11FN2O3. The van der Waals surface area contributed by atoms with E-state index in [2.05, 4.69) is 0 Å². The van der Waals surface area contributed by atoms with Crippen molar-refractivity contribution in [1.82, 2.24) is 0 Å². The number of likely N-dealkylation sites (N-methyl/N-ethyl adjacent to an activating group) is 1. The zero-order chi connectivity index (χ0) is 12.3. The van der Waals surface area contributed by atoms with Gasteiger partial charge in [-0.3, -0.25) is 4.79 Å². The summed E-state index contributed by atoms with van der Waals surface area (Å²) in [5.74, 6) is -2.50. The molecule has 0 aromatic heterocycles. The number of primary amides is 1. The molecule has 1 rings (SSSR count). The molecule has 1 aromatic rings. The van der Waals surface area contributed by atoms with Crippen LogP contribution in [0.1, 0.15) is 10.4 Å². The number of carbonyl (C=O) groups excluding carboxylic acids is 1. The van der Waals surface area contributed by atoms with Crippen LogP contribution in [0.5, 0.6) is 0 Å². The van der Waals surface area contributed by atoms with Crippen molar-refractivity contribution in [1.29, 1.82) is 0 Å². The molecule has 16 heavy (non-hydrogen) atoms. The SMILES string of the molecule is CN(CC(N)=O)c1ccc(C(=O)O)cc1F. The smallest absolute Gasteiger partial charge is 0.335 e. The molecule has 0 saturated carbocycles. The van der Waals surface area contributed by atoms with Gasteiger partial charge in [0.1, 0.15) is 5.82 Å². The maximum absolute atomic E-state index is 13.5. The Balaban J connectivity index is 2.98. The van der Waals surface area contributed by atoms with E-state index in [1.165, 1.54) is 24.1 Å². The lowest BCUT2D eigenvalue weighted by molar-refractivity contribution is -0.116. The first-order valence-corrected chi connectivity index (χ1v) is 4.44. The fourth-order valence-electron chi connectivity index (χ4n) is 1.27. The van der Waals surface area contributed by atoms with Crippen LogP contribution in [-0.2, 0) is 4.79 Å². The Hall–Kier alpha value is -2.11. The number of nitrogens with two attached hydrogens (primary N) is 1. The first-order valence-electron chi connectivity index (χ1n) is 4.44. The lowest BCUT2D eigenvalue weighted by atomic mass is 10.2. The molecule has 0 aliphatic rings. The van der Waals surface area contributed by atoms with E-state index in [9.17, 15) is 14.0 Å². The third-order valence-corrected chi connectivity index (χ3v) is 2.00. The molecule has 0 spiro atoms. The first-order chi connectivity index (χ1) is 7.41. The van der Waals surface area contributed by atoms with E-state index in [0.29, 0.717) is 0 Å². The monoisotopic (exact) mass is 226 g/mol. The maximum atomic E-state index is 13.5. The molecule has 1 aromatic carbocycles. The molecule has 86 valence electrons. The van der Waals surface area contributed by atoms with Gasteiger partial charge >= 0.3 is 5.97 Å². The van der Waals surface area contributed by atoms with E-state index in [-0.39, 0.29) is 17.8 Å². The summed E-state index contributed by atoms with van der Waals surface area (Å²) in [4.78, 5) is 22.5. The van der Waals surface area contributed by atoms with Crippen molar-refractivity contribution >= 4 is 17.6 Å². The third kappa shape index (κ3) is 2.69. The molecule has 6 heteroatoms. The van der Waals surface area contributed by atoms with Crippen LogP contribution in [0.25, 0.3) is 0 Å². The molecule has 0 unspecified atom stereocenters. The number of hydrogen-bond acceptors (Lipinski definition) is 3. The molecule has 5 nitrogen and oxygen atoms in total. The van der Waals surface area contributed by atoms with E-state index in [1.54, 1.807) is 0 Å². The highest BCUT2D eigenvalue weighted by atomic mass is 19.1. The van der Waals surface area contributed by atoms with Crippen molar-refractivity contribution in [3.05, 3.63) is 29.6 Å². The highest BCUT2D eigenvalue weighted by molar-refractivity contribution is 5.88. The number of anilines is 1. The number of benzene rings is 1. The summed E-state index contributed by atoms with van der Waals surface area (Å²) in [5.41, 5.74) is 4.95. The fourth-order valence-corrected chi connectivity index (χ4v) is 1.27. The molecule has 3 N–H and O–H groups in total. The number of hydrogen-bond donors (Lipinski definition) is 2. The van der Waals surface area contributed by atoms with Crippen LogP contribution in [0.4, 0.5) is 10.1 Å². The van der Waals surface area contributed by atoms with E-state index in [1.807, 2.05) is 0 Å². The van der Waals surface area contributed by atoms with Gasteiger partial charge in [0.05, 0.1) is 17.8 Å². The predicted octanol–water partition coefficient (Wildman–Crippen LogP) is 0.445. The molecule has 0 aliphatic heterocycles. The predicted molar refractivity (Wildman–Crippen MR) is 55.8 cm³/mol. The highest BCUT2D eigenvalue weighted by Gasteiger charge is 2.12. The van der Waals surface area contributed by atoms with Gasteiger partial charge in [-0.05, 0) is 18.2 Å². The van der Waals surface area contributed by atoms with Crippen molar-refractivity contribution in [3.8, 4) is 0 Å². The largest absolute Gasteiger partial charge is 0.478 e. The highest BCUT2D eigenvalue weighted by Crippen LogP contribution is 2.19. The lowest BCUT2D eigenvalue weighted by Gasteiger charge is -2.17. The van der Waals surface area contributed by atoms with Crippen LogP contribution in [0.15, 0.2) is 18.2 Å². The summed E-state index contributed by atoms with van der Waals surface area (Å²) >= 11 is 0. The van der Waals surface area contributed by atoms with Gasteiger partial charge in [0, 0.05) is 7.05 Å². The third-order valence-electron chi connectivity index (χ3n) is 2.00. The number of aromatic carboxylic acids is 1. The van der Waals surface area contributed by atoms with Gasteiger partial charge in [-0.25, -0.2) is 9.18 Å². The molecular weight excluding hydrogens is 215 g/mol. The van der Waals surface area contributed by atoms with Gasteiger partial charge in [-0.1, -0.05) is 0 Å². The van der Waals surface area contributed by atoms with Crippen molar-refractivity contribution < 1.29 is 19.1 Å². The Morgan fingerprint density at radius 3 is 2.56 bits per heavy atom. The van der Waals surface area contributed by atoms with Crippen molar-refractivity contribution in [2.24, 2.45) is 5.73 Å². The van der Waals surface area contributed by atoms with E-state index in [0.717, 1.165) is 6.07 Å². The number of carbonyl (C=O) groups is 2. The Morgan fingerprint density at radius 2 is 2.12 bits per heavy atom. The minimum absolute atomic E-state index is 0.129. The summed E-state index contributed by atoms with van der Waals surface area (Å²) in [6.45, 7) is -0.136. The topological polar surface area (TPSA) is 83.6 Å². The van der Waals surface area contributed by atoms with Crippen molar-refractivity contribution in [2.45, 2.75) is 0 Å². The van der Waals surface area contributed by atoms with Gasteiger partial charge < -0.3 is 15.7 Å². The number of nitrogens with zero attached hydrogens (tertiary/aromatic N) is 1. The first kappa shape index (κ1) is 12.0. The quantitative estimate of drug-likeness (QED) is 0.780. The van der Waals surface area contributed by atoms with E-state index >= 15 is 0 Å². The maximum Gasteiger partial charge on any atom is 0.335 e. The molecule has 0 heterocycles. The molecule has 0 aliphatic carbocycles. The van der Waals surface area contributed by atoms with Crippen LogP contribution in [0.3, 0.4) is 0 Å². The van der Waals surface area contributed by atoms with Gasteiger partial charge in [0.15, 0.2) is 0 Å². The minimum atomic E-state index is -1.21. The molecule has 0 atom stereocenters. The van der Waals surface area contributed by atoms with Crippen LogP contribution in [0, 0.1) is 5.82 Å². The van der Waals surface area contributed by atoms with Crippen LogP contribution >= 0.6 is 0 Å². The second-order valence-corrected chi connectivity index (χ2v) is 3.29. The molecule has 0 bridgehead atoms. The number of halogens is 1. The summed E-state index contributed by atoms with van der Waals surface area (Å²) in [6, 6.07) is 3.45. The Kier molecular flexibility index (Phi) is 3.44. The van der Waals surface area contributed by atoms with E-state index < -0.39 is 17.7 Å². The van der Waals surface area contributed by atoms with Crippen LogP contribution in [-0.4, -0.2) is 30.6 Å². The average molecular weight is 226 g/mol. The molecule has 1 amide bonds. The summed E-state index contributed by atoms with van der Waals surface area (Å²) in [5, 5.41) is 8.63. The second kappa shape index (κ2) is 4.61. The molecule has 0 radical (unpaired) electrons. The zero-order valence-corrected chi connectivity index (χ0v) is 8.61. The zero-order valence-electron chi connectivity index (χ0n) is 8.61. The number of amides is 1. The average Bonchev–Trinajstić information content (AvgIpc) is 2.15. The standard InChI is InChI=1S/C10H11FN2O3/c1-13(5-9(12)14)8-3-2-6(10(15)16)4-7(8)11/h2-4H,5H2,1H3,(H2,12,14)(H,15,16). The lowest BCUT2D eigenvalue weighted by Crippen LogP contribution is -2.31. The number of carboxylic acid groups (broad SMARTS) is 1. The van der Waals surface area contributed by atoms with Gasteiger partial charge in [0.2, 0.25) is 5.91 Å². The molecule has 0 fully saturated rings.